The van der Waals surface area contributed by atoms with Gasteiger partial charge in [0.15, 0.2) is 0 Å². The summed E-state index contributed by atoms with van der Waals surface area (Å²) in [7, 11) is 5.62. The van der Waals surface area contributed by atoms with Gasteiger partial charge in [0.2, 0.25) is 5.91 Å². The molecule has 33 heavy (non-hydrogen) atoms. The number of hydrogen-bond acceptors (Lipinski definition) is 5. The highest BCUT2D eigenvalue weighted by Gasteiger charge is 2.27. The van der Waals surface area contributed by atoms with E-state index in [1.165, 1.54) is 0 Å². The number of H-pyrrole nitrogens is 1. The number of likely N-dealkylation sites (N-methyl/N-ethyl adjacent to an activating group) is 1. The minimum atomic E-state index is 0.0124. The summed E-state index contributed by atoms with van der Waals surface area (Å²) in [6.45, 7) is 8.10. The van der Waals surface area contributed by atoms with E-state index in [1.54, 1.807) is 11.6 Å². The fourth-order valence-electron chi connectivity index (χ4n) is 4.77. The number of carbonyl (C=O) groups excluding carboxylic acids is 1. The maximum atomic E-state index is 12.4. The second-order valence-electron chi connectivity index (χ2n) is 9.78. The minimum Gasteiger partial charge on any atom is -0.352 e. The Morgan fingerprint density at radius 1 is 1.27 bits per heavy atom. The summed E-state index contributed by atoms with van der Waals surface area (Å²) >= 11 is 0. The third kappa shape index (κ3) is 4.57. The number of piperidine rings is 1. The molecule has 4 heterocycles. The molecular formula is C25H34N6O2. The van der Waals surface area contributed by atoms with Gasteiger partial charge in [0.1, 0.15) is 5.82 Å². The Kier molecular flexibility index (Phi) is 6.38. The van der Waals surface area contributed by atoms with Crippen LogP contribution in [0.25, 0.3) is 22.3 Å². The number of pyridine rings is 1. The second-order valence-corrected chi connectivity index (χ2v) is 9.78. The maximum absolute atomic E-state index is 12.4. The van der Waals surface area contributed by atoms with Crippen LogP contribution in [-0.2, 0) is 11.8 Å². The van der Waals surface area contributed by atoms with Crippen LogP contribution in [0.2, 0.25) is 0 Å². The van der Waals surface area contributed by atoms with E-state index in [4.69, 9.17) is 9.97 Å². The van der Waals surface area contributed by atoms with E-state index in [1.807, 2.05) is 49.3 Å². The van der Waals surface area contributed by atoms with Crippen LogP contribution < -0.4 is 5.56 Å². The van der Waals surface area contributed by atoms with E-state index in [-0.39, 0.29) is 23.3 Å². The van der Waals surface area contributed by atoms with Gasteiger partial charge in [0, 0.05) is 48.9 Å². The van der Waals surface area contributed by atoms with Gasteiger partial charge in [0.25, 0.3) is 5.56 Å². The molecule has 8 nitrogen and oxygen atoms in total. The first-order valence-corrected chi connectivity index (χ1v) is 11.6. The molecule has 1 saturated heterocycles. The van der Waals surface area contributed by atoms with E-state index in [0.717, 1.165) is 59.6 Å². The number of likely N-dealkylation sites (tertiary alicyclic amines) is 1. The topological polar surface area (TPSA) is 87.1 Å². The fourth-order valence-corrected chi connectivity index (χ4v) is 4.77. The van der Waals surface area contributed by atoms with Crippen molar-refractivity contribution in [3.8, 4) is 11.3 Å². The Hall–Kier alpha value is -3.00. The Morgan fingerprint density at radius 2 is 1.97 bits per heavy atom. The molecule has 0 bridgehead atoms. The van der Waals surface area contributed by atoms with E-state index < -0.39 is 0 Å². The maximum Gasteiger partial charge on any atom is 0.253 e. The zero-order valence-electron chi connectivity index (χ0n) is 20.5. The molecule has 4 rings (SSSR count). The first kappa shape index (κ1) is 23.2. The van der Waals surface area contributed by atoms with Crippen molar-refractivity contribution in [2.45, 2.75) is 45.4 Å². The van der Waals surface area contributed by atoms with Gasteiger partial charge in [-0.25, -0.2) is 9.97 Å². The Balaban J connectivity index is 1.65. The van der Waals surface area contributed by atoms with Crippen molar-refractivity contribution in [3.05, 3.63) is 45.8 Å². The van der Waals surface area contributed by atoms with Crippen LogP contribution in [0.15, 0.2) is 23.3 Å². The quantitative estimate of drug-likeness (QED) is 0.646. The van der Waals surface area contributed by atoms with Crippen LogP contribution in [0, 0.1) is 6.92 Å². The van der Waals surface area contributed by atoms with Crippen LogP contribution in [-0.4, -0.2) is 69.0 Å². The molecule has 1 aliphatic rings. The molecular weight excluding hydrogens is 416 g/mol. The first-order valence-electron chi connectivity index (χ1n) is 11.6. The van der Waals surface area contributed by atoms with Gasteiger partial charge in [-0.1, -0.05) is 13.8 Å². The number of aromatic amines is 1. The SMILES string of the molecule is Cc1cc(-c2[nH]c3cnc(C4CCN(C(=O)CN(C)C)CC4)nc3c2C(C)C)cn(C)c1=O. The van der Waals surface area contributed by atoms with Crippen LogP contribution in [0.5, 0.6) is 0 Å². The molecule has 0 atom stereocenters. The molecule has 1 fully saturated rings. The summed E-state index contributed by atoms with van der Waals surface area (Å²) < 4.78 is 1.63. The van der Waals surface area contributed by atoms with Crippen LogP contribution in [0.4, 0.5) is 0 Å². The monoisotopic (exact) mass is 450 g/mol. The van der Waals surface area contributed by atoms with Crippen molar-refractivity contribution in [3.63, 3.8) is 0 Å². The molecule has 0 aromatic carbocycles. The third-order valence-corrected chi connectivity index (χ3v) is 6.48. The van der Waals surface area contributed by atoms with E-state index in [9.17, 15) is 9.59 Å². The molecule has 0 aliphatic carbocycles. The zero-order valence-corrected chi connectivity index (χ0v) is 20.5. The summed E-state index contributed by atoms with van der Waals surface area (Å²) in [5.41, 5.74) is 5.69. The summed E-state index contributed by atoms with van der Waals surface area (Å²) in [4.78, 5) is 41.7. The van der Waals surface area contributed by atoms with Gasteiger partial charge in [-0.05, 0) is 45.8 Å². The lowest BCUT2D eigenvalue weighted by molar-refractivity contribution is -0.132. The van der Waals surface area contributed by atoms with Gasteiger partial charge in [-0.15, -0.1) is 0 Å². The third-order valence-electron chi connectivity index (χ3n) is 6.48. The molecule has 3 aromatic heterocycles. The van der Waals surface area contributed by atoms with Crippen LogP contribution in [0.1, 0.15) is 55.5 Å². The number of aryl methyl sites for hydroxylation is 2. The molecule has 176 valence electrons. The number of carbonyl (C=O) groups is 1. The largest absolute Gasteiger partial charge is 0.352 e. The molecule has 0 radical (unpaired) electrons. The number of nitrogens with zero attached hydrogens (tertiary/aromatic N) is 5. The average Bonchev–Trinajstić information content (AvgIpc) is 3.16. The average molecular weight is 451 g/mol. The summed E-state index contributed by atoms with van der Waals surface area (Å²) in [5.74, 6) is 1.53. The minimum absolute atomic E-state index is 0.0124. The van der Waals surface area contributed by atoms with Gasteiger partial charge in [-0.3, -0.25) is 9.59 Å². The van der Waals surface area contributed by atoms with Crippen molar-refractivity contribution in [1.82, 2.24) is 29.3 Å². The molecule has 0 saturated carbocycles. The van der Waals surface area contributed by atoms with Gasteiger partial charge in [-0.2, -0.15) is 0 Å². The lowest BCUT2D eigenvalue weighted by Crippen LogP contribution is -2.42. The Morgan fingerprint density at radius 3 is 2.58 bits per heavy atom. The van der Waals surface area contributed by atoms with Crippen molar-refractivity contribution < 1.29 is 4.79 Å². The number of fused-ring (bicyclic) bond motifs is 1. The second kappa shape index (κ2) is 9.09. The highest BCUT2D eigenvalue weighted by Crippen LogP contribution is 2.35. The Labute approximate surface area is 194 Å². The lowest BCUT2D eigenvalue weighted by atomic mass is 9.95. The van der Waals surface area contributed by atoms with Gasteiger partial charge >= 0.3 is 0 Å². The molecule has 0 unspecified atom stereocenters. The highest BCUT2D eigenvalue weighted by atomic mass is 16.2. The van der Waals surface area contributed by atoms with Crippen molar-refractivity contribution in [1.29, 1.82) is 0 Å². The number of nitrogens with one attached hydrogen (secondary N) is 1. The van der Waals surface area contributed by atoms with Gasteiger partial charge in [0.05, 0.1) is 29.5 Å². The highest BCUT2D eigenvalue weighted by molar-refractivity contribution is 5.88. The molecule has 3 aromatic rings. The molecule has 1 N–H and O–H groups in total. The first-order chi connectivity index (χ1) is 15.7. The van der Waals surface area contributed by atoms with Crippen molar-refractivity contribution >= 4 is 16.9 Å². The molecule has 1 aliphatic heterocycles. The number of amides is 1. The van der Waals surface area contributed by atoms with E-state index in [2.05, 4.69) is 18.8 Å². The van der Waals surface area contributed by atoms with E-state index >= 15 is 0 Å². The molecule has 0 spiro atoms. The predicted molar refractivity (Wildman–Crippen MR) is 131 cm³/mol. The fraction of sp³-hybridized carbons (Fsp3) is 0.520. The summed E-state index contributed by atoms with van der Waals surface area (Å²) in [5, 5.41) is 0. The lowest BCUT2D eigenvalue weighted by Gasteiger charge is -2.32. The Bertz CT molecular complexity index is 1210. The summed E-state index contributed by atoms with van der Waals surface area (Å²) in [6.07, 6.45) is 5.50. The predicted octanol–water partition coefficient (Wildman–Crippen LogP) is 3.02. The smallest absolute Gasteiger partial charge is 0.253 e. The number of hydrogen-bond donors (Lipinski definition) is 1. The molecule has 8 heteroatoms. The van der Waals surface area contributed by atoms with Crippen LogP contribution >= 0.6 is 0 Å². The molecule has 1 amide bonds. The van der Waals surface area contributed by atoms with E-state index in [0.29, 0.717) is 12.1 Å². The van der Waals surface area contributed by atoms with Crippen molar-refractivity contribution in [2.24, 2.45) is 7.05 Å². The van der Waals surface area contributed by atoms with Crippen molar-refractivity contribution in [2.75, 3.05) is 33.7 Å². The number of aromatic nitrogens is 4. The van der Waals surface area contributed by atoms with Gasteiger partial charge < -0.3 is 19.4 Å². The standard InChI is InChI=1S/C25H34N6O2/c1-15(2)21-22(18-11-16(3)25(33)30(6)13-18)27-19-12-26-24(28-23(19)21)17-7-9-31(10-8-17)20(32)14-29(4)5/h11-13,15,17,27H,7-10,14H2,1-6H3. The zero-order chi connectivity index (χ0) is 23.9. The normalized spacial score (nSPS) is 15.2. The number of rotatable bonds is 5. The van der Waals surface area contributed by atoms with Crippen LogP contribution in [0.3, 0.4) is 0 Å². The summed E-state index contributed by atoms with van der Waals surface area (Å²) in [6, 6.07) is 1.94.